The van der Waals surface area contributed by atoms with Crippen molar-refractivity contribution in [2.45, 2.75) is 40.0 Å². The molecule has 1 fully saturated rings. The Morgan fingerprint density at radius 2 is 2.11 bits per heavy atom. The van der Waals surface area contributed by atoms with Crippen LogP contribution >= 0.6 is 0 Å². The van der Waals surface area contributed by atoms with Crippen molar-refractivity contribution in [3.8, 4) is 0 Å². The molecule has 2 rings (SSSR count). The minimum absolute atomic E-state index is 0.412. The van der Waals surface area contributed by atoms with E-state index in [1.54, 1.807) is 0 Å². The van der Waals surface area contributed by atoms with Gasteiger partial charge in [-0.25, -0.2) is 0 Å². The molecule has 0 aromatic heterocycles. The molecule has 1 aliphatic carbocycles. The molecule has 0 heterocycles. The lowest BCUT2D eigenvalue weighted by molar-refractivity contribution is 0.554. The largest absolute Gasteiger partial charge is 0.0991 e. The fourth-order valence-electron chi connectivity index (χ4n) is 3.39. The molecule has 2 unspecified atom stereocenters. The first kappa shape index (κ1) is 13.1. The molecule has 0 radical (unpaired) electrons. The second kappa shape index (κ2) is 5.14. The van der Waals surface area contributed by atoms with Gasteiger partial charge in [-0.2, -0.15) is 0 Å². The Balaban J connectivity index is 2.46. The molecule has 0 N–H and O–H groups in total. The smallest absolute Gasteiger partial charge is 0.00122 e. The lowest BCUT2D eigenvalue weighted by Gasteiger charge is -2.21. The lowest BCUT2D eigenvalue weighted by Crippen LogP contribution is -2.07. The highest BCUT2D eigenvalue weighted by Crippen LogP contribution is 2.64. The van der Waals surface area contributed by atoms with Crippen molar-refractivity contribution in [2.24, 2.45) is 11.3 Å². The molecule has 0 aliphatic heterocycles. The van der Waals surface area contributed by atoms with Gasteiger partial charge in [-0.15, -0.1) is 0 Å². The van der Waals surface area contributed by atoms with Crippen molar-refractivity contribution >= 4 is 5.57 Å². The summed E-state index contributed by atoms with van der Waals surface area (Å²) in [6.45, 7) is 10.7. The third kappa shape index (κ3) is 2.05. The molecule has 1 aliphatic rings. The Kier molecular flexibility index (Phi) is 3.75. The predicted octanol–water partition coefficient (Wildman–Crippen LogP) is 5.39. The van der Waals surface area contributed by atoms with Crippen LogP contribution in [0.3, 0.4) is 0 Å². The van der Waals surface area contributed by atoms with Crippen LogP contribution in [0.15, 0.2) is 43.0 Å². The molecule has 0 amide bonds. The van der Waals surface area contributed by atoms with Gasteiger partial charge in [0.1, 0.15) is 0 Å². The van der Waals surface area contributed by atoms with Gasteiger partial charge in [-0.05, 0) is 47.8 Å². The molecule has 2 atom stereocenters. The van der Waals surface area contributed by atoms with Crippen molar-refractivity contribution in [2.75, 3.05) is 0 Å². The van der Waals surface area contributed by atoms with E-state index in [9.17, 15) is 0 Å². The fraction of sp³-hybridized carbons (Fsp3) is 0.444. The molecule has 1 aromatic carbocycles. The number of aryl methyl sites for hydroxylation is 1. The van der Waals surface area contributed by atoms with E-state index in [-0.39, 0.29) is 0 Å². The molecule has 18 heavy (non-hydrogen) atoms. The standard InChI is InChI=1S/C18H24/c1-5-10-17(16-12-9-8-11-14(16)4)18(7-3)13-15(18)6-2/h5,8-12,15H,1,6-7,13H2,2-4H3/b17-10+. The van der Waals surface area contributed by atoms with E-state index in [1.165, 1.54) is 36.0 Å². The van der Waals surface area contributed by atoms with Crippen LogP contribution < -0.4 is 0 Å². The van der Waals surface area contributed by atoms with Crippen molar-refractivity contribution in [3.05, 3.63) is 54.1 Å². The molecule has 0 bridgehead atoms. The second-order valence-electron chi connectivity index (χ2n) is 5.45. The van der Waals surface area contributed by atoms with E-state index in [4.69, 9.17) is 0 Å². The molecule has 0 nitrogen and oxygen atoms in total. The zero-order chi connectivity index (χ0) is 13.2. The van der Waals surface area contributed by atoms with Gasteiger partial charge in [0.05, 0.1) is 0 Å². The number of hydrogen-bond acceptors (Lipinski definition) is 0. The Morgan fingerprint density at radius 3 is 2.61 bits per heavy atom. The van der Waals surface area contributed by atoms with Gasteiger partial charge in [0, 0.05) is 0 Å². The lowest BCUT2D eigenvalue weighted by atomic mass is 9.83. The number of rotatable bonds is 5. The first-order chi connectivity index (χ1) is 8.69. The normalized spacial score (nSPS) is 27.1. The van der Waals surface area contributed by atoms with Crippen LogP contribution in [0.25, 0.3) is 5.57 Å². The Bertz CT molecular complexity index is 467. The zero-order valence-electron chi connectivity index (χ0n) is 11.9. The quantitative estimate of drug-likeness (QED) is 0.605. The predicted molar refractivity (Wildman–Crippen MR) is 80.5 cm³/mol. The summed E-state index contributed by atoms with van der Waals surface area (Å²) in [5.41, 5.74) is 4.70. The number of benzene rings is 1. The third-order valence-corrected chi connectivity index (χ3v) is 4.61. The van der Waals surface area contributed by atoms with Crippen molar-refractivity contribution in [1.29, 1.82) is 0 Å². The molecule has 96 valence electrons. The highest BCUT2D eigenvalue weighted by atomic mass is 14.6. The Morgan fingerprint density at radius 1 is 1.39 bits per heavy atom. The van der Waals surface area contributed by atoms with Crippen LogP contribution in [0.2, 0.25) is 0 Å². The first-order valence-corrected chi connectivity index (χ1v) is 7.08. The fourth-order valence-corrected chi connectivity index (χ4v) is 3.39. The summed E-state index contributed by atoms with van der Waals surface area (Å²) in [4.78, 5) is 0. The highest BCUT2D eigenvalue weighted by molar-refractivity contribution is 5.76. The van der Waals surface area contributed by atoms with Crippen LogP contribution in [0.4, 0.5) is 0 Å². The van der Waals surface area contributed by atoms with E-state index < -0.39 is 0 Å². The average Bonchev–Trinajstić information content (AvgIpc) is 3.12. The van der Waals surface area contributed by atoms with Gasteiger partial charge in [0.15, 0.2) is 0 Å². The maximum absolute atomic E-state index is 3.91. The van der Waals surface area contributed by atoms with Crippen LogP contribution in [0.1, 0.15) is 44.2 Å². The molecular weight excluding hydrogens is 216 g/mol. The zero-order valence-corrected chi connectivity index (χ0v) is 11.9. The summed E-state index contributed by atoms with van der Waals surface area (Å²) >= 11 is 0. The Labute approximate surface area is 111 Å². The summed E-state index contributed by atoms with van der Waals surface area (Å²) < 4.78 is 0. The van der Waals surface area contributed by atoms with Gasteiger partial charge < -0.3 is 0 Å². The van der Waals surface area contributed by atoms with E-state index in [2.05, 4.69) is 57.7 Å². The Hall–Kier alpha value is -1.30. The summed E-state index contributed by atoms with van der Waals surface area (Å²) in [6, 6.07) is 8.73. The third-order valence-electron chi connectivity index (χ3n) is 4.61. The summed E-state index contributed by atoms with van der Waals surface area (Å²) in [7, 11) is 0. The number of hydrogen-bond donors (Lipinski definition) is 0. The topological polar surface area (TPSA) is 0 Å². The SMILES string of the molecule is C=C/C=C(\c1ccccc1C)C1(CC)CC1CC. The summed E-state index contributed by atoms with van der Waals surface area (Å²) in [5.74, 6) is 0.855. The van der Waals surface area contributed by atoms with Crippen LogP contribution in [0.5, 0.6) is 0 Å². The highest BCUT2D eigenvalue weighted by Gasteiger charge is 2.53. The van der Waals surface area contributed by atoms with Gasteiger partial charge in [0.25, 0.3) is 0 Å². The van der Waals surface area contributed by atoms with E-state index in [1.807, 2.05) is 6.08 Å². The molecular formula is C18H24. The van der Waals surface area contributed by atoms with Crippen LogP contribution in [-0.4, -0.2) is 0 Å². The molecule has 1 aromatic rings. The van der Waals surface area contributed by atoms with Crippen LogP contribution in [0, 0.1) is 18.3 Å². The number of allylic oxidation sites excluding steroid dienone is 3. The van der Waals surface area contributed by atoms with E-state index >= 15 is 0 Å². The van der Waals surface area contributed by atoms with Crippen molar-refractivity contribution in [3.63, 3.8) is 0 Å². The molecule has 1 saturated carbocycles. The van der Waals surface area contributed by atoms with Crippen molar-refractivity contribution < 1.29 is 0 Å². The monoisotopic (exact) mass is 240 g/mol. The van der Waals surface area contributed by atoms with E-state index in [0.29, 0.717) is 5.41 Å². The molecule has 0 saturated heterocycles. The van der Waals surface area contributed by atoms with Gasteiger partial charge >= 0.3 is 0 Å². The maximum Gasteiger partial charge on any atom is -0.00122 e. The first-order valence-electron chi connectivity index (χ1n) is 7.08. The minimum Gasteiger partial charge on any atom is -0.0991 e. The van der Waals surface area contributed by atoms with Crippen molar-refractivity contribution in [1.82, 2.24) is 0 Å². The van der Waals surface area contributed by atoms with Gasteiger partial charge in [-0.3, -0.25) is 0 Å². The van der Waals surface area contributed by atoms with Gasteiger partial charge in [0.2, 0.25) is 0 Å². The summed E-state index contributed by atoms with van der Waals surface area (Å²) in [5, 5.41) is 0. The van der Waals surface area contributed by atoms with Crippen LogP contribution in [-0.2, 0) is 0 Å². The second-order valence-corrected chi connectivity index (χ2v) is 5.45. The average molecular weight is 240 g/mol. The minimum atomic E-state index is 0.412. The van der Waals surface area contributed by atoms with E-state index in [0.717, 1.165) is 5.92 Å². The summed E-state index contributed by atoms with van der Waals surface area (Å²) in [6.07, 6.45) is 8.05. The maximum atomic E-state index is 3.91. The van der Waals surface area contributed by atoms with Gasteiger partial charge in [-0.1, -0.05) is 63.3 Å². The molecule has 0 heteroatoms. The molecule has 0 spiro atoms.